The molecule has 1 aliphatic heterocycles. The second-order valence-corrected chi connectivity index (χ2v) is 4.87. The zero-order valence-electron chi connectivity index (χ0n) is 10.9. The lowest BCUT2D eigenvalue weighted by Gasteiger charge is -2.19. The summed E-state index contributed by atoms with van der Waals surface area (Å²) in [5.41, 5.74) is 6.96. The van der Waals surface area contributed by atoms with Gasteiger partial charge in [0.25, 0.3) is 0 Å². The molecule has 2 atom stereocenters. The monoisotopic (exact) mass is 248 g/mol. The number of carbonyl (C=O) groups excluding carboxylic acids is 1. The highest BCUT2D eigenvalue weighted by Gasteiger charge is 2.24. The van der Waals surface area contributed by atoms with Crippen LogP contribution in [0.25, 0.3) is 0 Å². The van der Waals surface area contributed by atoms with Crippen molar-refractivity contribution >= 4 is 11.7 Å². The average Bonchev–Trinajstić information content (AvgIpc) is 2.77. The van der Waals surface area contributed by atoms with Crippen molar-refractivity contribution in [3.63, 3.8) is 0 Å². The molecular formula is C13H20N4O. The van der Waals surface area contributed by atoms with E-state index < -0.39 is 0 Å². The van der Waals surface area contributed by atoms with Gasteiger partial charge in [0.2, 0.25) is 5.91 Å². The van der Waals surface area contributed by atoms with Crippen molar-refractivity contribution in [1.29, 1.82) is 0 Å². The minimum atomic E-state index is 0.0143. The van der Waals surface area contributed by atoms with Crippen LogP contribution in [0.1, 0.15) is 31.9 Å². The van der Waals surface area contributed by atoms with Gasteiger partial charge in [-0.15, -0.1) is 0 Å². The number of rotatable bonds is 3. The van der Waals surface area contributed by atoms with Gasteiger partial charge < -0.3 is 16.0 Å². The van der Waals surface area contributed by atoms with Crippen molar-refractivity contribution in [2.75, 3.05) is 18.0 Å². The van der Waals surface area contributed by atoms with Gasteiger partial charge in [0.15, 0.2) is 0 Å². The van der Waals surface area contributed by atoms with Crippen LogP contribution in [0.3, 0.4) is 0 Å². The van der Waals surface area contributed by atoms with Crippen molar-refractivity contribution in [2.24, 2.45) is 5.73 Å². The van der Waals surface area contributed by atoms with Gasteiger partial charge in [-0.3, -0.25) is 4.79 Å². The van der Waals surface area contributed by atoms with Crippen molar-refractivity contribution in [3.05, 3.63) is 23.9 Å². The Balaban J connectivity index is 2.05. The number of amides is 1. The fourth-order valence-electron chi connectivity index (χ4n) is 2.26. The van der Waals surface area contributed by atoms with Crippen LogP contribution in [0.5, 0.6) is 0 Å². The molecule has 18 heavy (non-hydrogen) atoms. The summed E-state index contributed by atoms with van der Waals surface area (Å²) in [5.74, 6) is 0.969. The van der Waals surface area contributed by atoms with Crippen molar-refractivity contribution in [3.8, 4) is 0 Å². The molecule has 1 aliphatic rings. The first kappa shape index (κ1) is 12.8. The van der Waals surface area contributed by atoms with Crippen LogP contribution in [0.15, 0.2) is 18.3 Å². The van der Waals surface area contributed by atoms with Gasteiger partial charge in [0, 0.05) is 38.3 Å². The predicted molar refractivity (Wildman–Crippen MR) is 71.3 cm³/mol. The van der Waals surface area contributed by atoms with E-state index in [1.165, 1.54) is 0 Å². The van der Waals surface area contributed by atoms with Crippen LogP contribution in [-0.4, -0.2) is 30.0 Å². The third-order valence-electron chi connectivity index (χ3n) is 3.21. The summed E-state index contributed by atoms with van der Waals surface area (Å²) in [6, 6.07) is 4.21. The normalized spacial score (nSPS) is 20.8. The van der Waals surface area contributed by atoms with Crippen LogP contribution in [-0.2, 0) is 4.79 Å². The summed E-state index contributed by atoms with van der Waals surface area (Å²) >= 11 is 0. The molecule has 0 spiro atoms. The van der Waals surface area contributed by atoms with Crippen LogP contribution < -0.4 is 16.0 Å². The predicted octanol–water partition coefficient (Wildman–Crippen LogP) is 0.816. The maximum atomic E-state index is 11.0. The molecule has 0 aliphatic carbocycles. The highest BCUT2D eigenvalue weighted by Crippen LogP contribution is 2.21. The quantitative estimate of drug-likeness (QED) is 0.830. The van der Waals surface area contributed by atoms with E-state index in [-0.39, 0.29) is 18.0 Å². The van der Waals surface area contributed by atoms with Gasteiger partial charge in [0.05, 0.1) is 0 Å². The molecule has 0 saturated carbocycles. The molecule has 5 heteroatoms. The molecule has 0 bridgehead atoms. The molecule has 1 saturated heterocycles. The lowest BCUT2D eigenvalue weighted by molar-refractivity contribution is -0.119. The summed E-state index contributed by atoms with van der Waals surface area (Å²) in [5, 5.41) is 2.95. The van der Waals surface area contributed by atoms with Gasteiger partial charge in [-0.25, -0.2) is 4.98 Å². The molecule has 1 aromatic heterocycles. The standard InChI is InChI=1S/C13H20N4O/c1-9(14)11-3-5-15-13(7-11)17-6-4-12(8-17)16-10(2)18/h3,5,7,9,12H,4,6,8,14H2,1-2H3,(H,16,18). The van der Waals surface area contributed by atoms with E-state index in [1.54, 1.807) is 13.1 Å². The Morgan fingerprint density at radius 3 is 3.11 bits per heavy atom. The molecule has 0 radical (unpaired) electrons. The number of nitrogens with one attached hydrogen (secondary N) is 1. The molecule has 2 heterocycles. The molecule has 1 amide bonds. The van der Waals surface area contributed by atoms with Crippen LogP contribution in [0.2, 0.25) is 0 Å². The Kier molecular flexibility index (Phi) is 3.81. The Labute approximate surface area is 107 Å². The second-order valence-electron chi connectivity index (χ2n) is 4.87. The highest BCUT2D eigenvalue weighted by atomic mass is 16.1. The Morgan fingerprint density at radius 2 is 2.44 bits per heavy atom. The van der Waals surface area contributed by atoms with Gasteiger partial charge in [-0.05, 0) is 31.0 Å². The largest absolute Gasteiger partial charge is 0.354 e. The van der Waals surface area contributed by atoms with E-state index in [1.807, 2.05) is 19.1 Å². The second kappa shape index (κ2) is 5.35. The van der Waals surface area contributed by atoms with Gasteiger partial charge in [-0.1, -0.05) is 0 Å². The van der Waals surface area contributed by atoms with Crippen LogP contribution in [0, 0.1) is 0 Å². The number of hydrogen-bond acceptors (Lipinski definition) is 4. The zero-order chi connectivity index (χ0) is 13.1. The summed E-state index contributed by atoms with van der Waals surface area (Å²) in [7, 11) is 0. The van der Waals surface area contributed by atoms with Crippen molar-refractivity contribution in [1.82, 2.24) is 10.3 Å². The first-order chi connectivity index (χ1) is 8.56. The maximum Gasteiger partial charge on any atom is 0.217 e. The number of hydrogen-bond donors (Lipinski definition) is 2. The molecule has 0 aromatic carbocycles. The summed E-state index contributed by atoms with van der Waals surface area (Å²) in [4.78, 5) is 17.6. The maximum absolute atomic E-state index is 11.0. The fraction of sp³-hybridized carbons (Fsp3) is 0.538. The zero-order valence-corrected chi connectivity index (χ0v) is 10.9. The molecule has 2 unspecified atom stereocenters. The number of nitrogens with zero attached hydrogens (tertiary/aromatic N) is 2. The molecule has 3 N–H and O–H groups in total. The first-order valence-electron chi connectivity index (χ1n) is 6.30. The smallest absolute Gasteiger partial charge is 0.217 e. The molecule has 2 rings (SSSR count). The lowest BCUT2D eigenvalue weighted by atomic mass is 10.1. The summed E-state index contributed by atoms with van der Waals surface area (Å²) < 4.78 is 0. The molecular weight excluding hydrogens is 228 g/mol. The topological polar surface area (TPSA) is 71.2 Å². The molecule has 1 aromatic rings. The molecule has 5 nitrogen and oxygen atoms in total. The number of nitrogens with two attached hydrogens (primary N) is 1. The van der Waals surface area contributed by atoms with E-state index in [4.69, 9.17) is 5.73 Å². The number of anilines is 1. The van der Waals surface area contributed by atoms with Gasteiger partial charge in [0.1, 0.15) is 5.82 Å². The van der Waals surface area contributed by atoms with E-state index in [0.29, 0.717) is 0 Å². The lowest BCUT2D eigenvalue weighted by Crippen LogP contribution is -2.35. The average molecular weight is 248 g/mol. The number of aromatic nitrogens is 1. The number of carbonyl (C=O) groups is 1. The van der Waals surface area contributed by atoms with E-state index in [0.717, 1.165) is 30.9 Å². The highest BCUT2D eigenvalue weighted by molar-refractivity contribution is 5.73. The minimum absolute atomic E-state index is 0.0143. The van der Waals surface area contributed by atoms with Gasteiger partial charge >= 0.3 is 0 Å². The number of pyridine rings is 1. The summed E-state index contributed by atoms with van der Waals surface area (Å²) in [6.07, 6.45) is 2.75. The van der Waals surface area contributed by atoms with E-state index >= 15 is 0 Å². The fourth-order valence-corrected chi connectivity index (χ4v) is 2.26. The van der Waals surface area contributed by atoms with E-state index in [9.17, 15) is 4.79 Å². The van der Waals surface area contributed by atoms with Gasteiger partial charge in [-0.2, -0.15) is 0 Å². The van der Waals surface area contributed by atoms with Crippen molar-refractivity contribution < 1.29 is 4.79 Å². The Hall–Kier alpha value is -1.62. The SMILES string of the molecule is CC(=O)NC1CCN(c2cc(C(C)N)ccn2)C1. The summed E-state index contributed by atoms with van der Waals surface area (Å²) in [6.45, 7) is 5.25. The molecule has 98 valence electrons. The van der Waals surface area contributed by atoms with E-state index in [2.05, 4.69) is 15.2 Å². The third-order valence-corrected chi connectivity index (χ3v) is 3.21. The van der Waals surface area contributed by atoms with Crippen molar-refractivity contribution in [2.45, 2.75) is 32.4 Å². The Bertz CT molecular complexity index is 433. The van der Waals surface area contributed by atoms with Crippen LogP contribution in [0.4, 0.5) is 5.82 Å². The Morgan fingerprint density at radius 1 is 1.67 bits per heavy atom. The van der Waals surface area contributed by atoms with Crippen LogP contribution >= 0.6 is 0 Å². The minimum Gasteiger partial charge on any atom is -0.354 e. The molecule has 1 fully saturated rings. The third kappa shape index (κ3) is 2.98. The first-order valence-corrected chi connectivity index (χ1v) is 6.30.